The minimum Gasteiger partial charge on any atom is -0.385 e. The first-order valence-corrected chi connectivity index (χ1v) is 5.75. The molecule has 0 fully saturated rings. The van der Waals surface area contributed by atoms with Crippen LogP contribution in [0.2, 0.25) is 0 Å². The van der Waals surface area contributed by atoms with E-state index in [-0.39, 0.29) is 5.91 Å². The zero-order valence-electron chi connectivity index (χ0n) is 10.0. The highest BCUT2D eigenvalue weighted by Gasteiger charge is 2.25. The fraction of sp³-hybridized carbons (Fsp3) is 0.636. The van der Waals surface area contributed by atoms with Gasteiger partial charge in [-0.05, 0) is 6.42 Å². The van der Waals surface area contributed by atoms with Crippen molar-refractivity contribution in [2.24, 2.45) is 5.73 Å². The first-order valence-electron chi connectivity index (χ1n) is 5.75. The number of nitrogens with zero attached hydrogens (tertiary/aromatic N) is 3. The molecule has 1 aliphatic heterocycles. The summed E-state index contributed by atoms with van der Waals surface area (Å²) in [4.78, 5) is 18.0. The van der Waals surface area contributed by atoms with E-state index in [2.05, 4.69) is 9.55 Å². The van der Waals surface area contributed by atoms with Crippen LogP contribution in [0.3, 0.4) is 0 Å². The Hall–Kier alpha value is -1.40. The summed E-state index contributed by atoms with van der Waals surface area (Å²) < 4.78 is 6.99. The number of hydrogen-bond acceptors (Lipinski definition) is 4. The second kappa shape index (κ2) is 5.29. The lowest BCUT2D eigenvalue weighted by atomic mass is 10.2. The highest BCUT2D eigenvalue weighted by atomic mass is 16.5. The molecule has 0 saturated carbocycles. The lowest BCUT2D eigenvalue weighted by Gasteiger charge is -2.29. The number of rotatable bonds is 4. The third-order valence-corrected chi connectivity index (χ3v) is 3.01. The lowest BCUT2D eigenvalue weighted by molar-refractivity contribution is -0.134. The number of aromatic nitrogens is 2. The van der Waals surface area contributed by atoms with E-state index >= 15 is 0 Å². The van der Waals surface area contributed by atoms with Gasteiger partial charge in [0.05, 0.1) is 12.6 Å². The molecule has 1 amide bonds. The number of imidazole rings is 1. The quantitative estimate of drug-likeness (QED) is 0.774. The molecule has 0 bridgehead atoms. The van der Waals surface area contributed by atoms with Gasteiger partial charge in [-0.15, -0.1) is 0 Å². The smallest absolute Gasteiger partial charge is 0.240 e. The standard InChI is InChI=1S/C11H18N4O2/c1-17-7-2-9(12)11(16)15-6-5-14-4-3-13-10(14)8-15/h3-4,9H,2,5-8,12H2,1H3. The van der Waals surface area contributed by atoms with Crippen LogP contribution in [0.5, 0.6) is 0 Å². The van der Waals surface area contributed by atoms with E-state index in [1.807, 2.05) is 6.20 Å². The average molecular weight is 238 g/mol. The molecule has 6 nitrogen and oxygen atoms in total. The molecule has 6 heteroatoms. The van der Waals surface area contributed by atoms with Crippen molar-refractivity contribution >= 4 is 5.91 Å². The molecule has 2 heterocycles. The minimum absolute atomic E-state index is 0.0173. The van der Waals surface area contributed by atoms with Gasteiger partial charge in [0.25, 0.3) is 0 Å². The Morgan fingerprint density at radius 2 is 2.47 bits per heavy atom. The number of nitrogens with two attached hydrogens (primary N) is 1. The van der Waals surface area contributed by atoms with E-state index in [0.29, 0.717) is 26.1 Å². The second-order valence-corrected chi connectivity index (χ2v) is 4.18. The molecule has 1 unspecified atom stereocenters. The SMILES string of the molecule is COCCC(N)C(=O)N1CCn2ccnc2C1. The number of carbonyl (C=O) groups is 1. The van der Waals surface area contributed by atoms with Gasteiger partial charge in [-0.1, -0.05) is 0 Å². The van der Waals surface area contributed by atoms with Crippen molar-refractivity contribution < 1.29 is 9.53 Å². The molecule has 0 aliphatic carbocycles. The van der Waals surface area contributed by atoms with E-state index in [1.54, 1.807) is 18.2 Å². The normalized spacial score (nSPS) is 16.7. The van der Waals surface area contributed by atoms with Gasteiger partial charge in [-0.25, -0.2) is 4.98 Å². The molecule has 1 aliphatic rings. The van der Waals surface area contributed by atoms with E-state index in [1.165, 1.54) is 0 Å². The van der Waals surface area contributed by atoms with Crippen molar-refractivity contribution in [1.82, 2.24) is 14.5 Å². The third-order valence-electron chi connectivity index (χ3n) is 3.01. The van der Waals surface area contributed by atoms with E-state index in [4.69, 9.17) is 10.5 Å². The van der Waals surface area contributed by atoms with Gasteiger partial charge in [-0.3, -0.25) is 4.79 Å². The van der Waals surface area contributed by atoms with Crippen LogP contribution in [0.1, 0.15) is 12.2 Å². The summed E-state index contributed by atoms with van der Waals surface area (Å²) in [7, 11) is 1.61. The fourth-order valence-corrected chi connectivity index (χ4v) is 1.96. The van der Waals surface area contributed by atoms with E-state index < -0.39 is 6.04 Å². The topological polar surface area (TPSA) is 73.4 Å². The molecule has 0 aromatic carbocycles. The van der Waals surface area contributed by atoms with Crippen LogP contribution in [0, 0.1) is 0 Å². The predicted octanol–water partition coefficient (Wildman–Crippen LogP) is -0.411. The minimum atomic E-state index is -0.475. The number of methoxy groups -OCH3 is 1. The summed E-state index contributed by atoms with van der Waals surface area (Å²) in [6.07, 6.45) is 4.25. The highest BCUT2D eigenvalue weighted by molar-refractivity contribution is 5.81. The average Bonchev–Trinajstić information content (AvgIpc) is 2.81. The van der Waals surface area contributed by atoms with E-state index in [9.17, 15) is 4.79 Å². The summed E-state index contributed by atoms with van der Waals surface area (Å²) in [5, 5.41) is 0. The highest BCUT2D eigenvalue weighted by Crippen LogP contribution is 2.11. The third kappa shape index (κ3) is 2.65. The van der Waals surface area contributed by atoms with Crippen molar-refractivity contribution in [2.45, 2.75) is 25.6 Å². The van der Waals surface area contributed by atoms with Crippen molar-refractivity contribution in [3.05, 3.63) is 18.2 Å². The second-order valence-electron chi connectivity index (χ2n) is 4.18. The summed E-state index contributed by atoms with van der Waals surface area (Å²) in [6.45, 7) is 2.54. The molecule has 1 aromatic rings. The zero-order chi connectivity index (χ0) is 12.3. The summed E-state index contributed by atoms with van der Waals surface area (Å²) >= 11 is 0. The fourth-order valence-electron chi connectivity index (χ4n) is 1.96. The van der Waals surface area contributed by atoms with Crippen molar-refractivity contribution in [1.29, 1.82) is 0 Å². The van der Waals surface area contributed by atoms with Crippen LogP contribution >= 0.6 is 0 Å². The Bertz CT molecular complexity index is 391. The Labute approximate surface area is 100 Å². The number of amides is 1. The lowest BCUT2D eigenvalue weighted by Crippen LogP contribution is -2.47. The van der Waals surface area contributed by atoms with Crippen LogP contribution in [-0.4, -0.2) is 46.7 Å². The van der Waals surface area contributed by atoms with Crippen LogP contribution in [-0.2, 0) is 22.6 Å². The first-order chi connectivity index (χ1) is 8.22. The van der Waals surface area contributed by atoms with Crippen LogP contribution in [0.4, 0.5) is 0 Å². The molecular formula is C11H18N4O2. The Balaban J connectivity index is 1.93. The largest absolute Gasteiger partial charge is 0.385 e. The van der Waals surface area contributed by atoms with E-state index in [0.717, 1.165) is 12.4 Å². The van der Waals surface area contributed by atoms with Gasteiger partial charge in [-0.2, -0.15) is 0 Å². The van der Waals surface area contributed by atoms with Crippen molar-refractivity contribution in [2.75, 3.05) is 20.3 Å². The maximum atomic E-state index is 12.0. The first kappa shape index (κ1) is 12.1. The summed E-state index contributed by atoms with van der Waals surface area (Å²) in [5.74, 6) is 0.903. The van der Waals surface area contributed by atoms with Gasteiger partial charge >= 0.3 is 0 Å². The summed E-state index contributed by atoms with van der Waals surface area (Å²) in [6, 6.07) is -0.475. The molecule has 2 rings (SSSR count). The molecule has 94 valence electrons. The Morgan fingerprint density at radius 3 is 3.24 bits per heavy atom. The van der Waals surface area contributed by atoms with Crippen LogP contribution in [0.15, 0.2) is 12.4 Å². The number of hydrogen-bond donors (Lipinski definition) is 1. The van der Waals surface area contributed by atoms with Crippen molar-refractivity contribution in [3.8, 4) is 0 Å². The number of fused-ring (bicyclic) bond motifs is 1. The molecular weight excluding hydrogens is 220 g/mol. The summed E-state index contributed by atoms with van der Waals surface area (Å²) in [5.41, 5.74) is 5.83. The van der Waals surface area contributed by atoms with Crippen molar-refractivity contribution in [3.63, 3.8) is 0 Å². The molecule has 1 atom stereocenters. The number of ether oxygens (including phenoxy) is 1. The number of carbonyl (C=O) groups excluding carboxylic acids is 1. The van der Waals surface area contributed by atoms with Gasteiger partial charge in [0.1, 0.15) is 5.82 Å². The monoisotopic (exact) mass is 238 g/mol. The van der Waals surface area contributed by atoms with Crippen LogP contribution in [0.25, 0.3) is 0 Å². The predicted molar refractivity (Wildman–Crippen MR) is 62.1 cm³/mol. The van der Waals surface area contributed by atoms with Gasteiger partial charge in [0, 0.05) is 39.2 Å². The molecule has 2 N–H and O–H groups in total. The zero-order valence-corrected chi connectivity index (χ0v) is 10.0. The molecule has 0 saturated heterocycles. The maximum Gasteiger partial charge on any atom is 0.240 e. The van der Waals surface area contributed by atoms with Gasteiger partial charge < -0.3 is 19.9 Å². The van der Waals surface area contributed by atoms with Gasteiger partial charge in [0.15, 0.2) is 0 Å². The van der Waals surface area contributed by atoms with Crippen LogP contribution < -0.4 is 5.73 Å². The maximum absolute atomic E-state index is 12.0. The molecule has 0 spiro atoms. The molecule has 0 radical (unpaired) electrons. The van der Waals surface area contributed by atoms with Gasteiger partial charge in [0.2, 0.25) is 5.91 Å². The Morgan fingerprint density at radius 1 is 1.65 bits per heavy atom. The Kier molecular flexibility index (Phi) is 3.75. The molecule has 1 aromatic heterocycles. The molecule has 17 heavy (non-hydrogen) atoms.